The van der Waals surface area contributed by atoms with Crippen LogP contribution in [0.3, 0.4) is 0 Å². The van der Waals surface area contributed by atoms with E-state index in [1.54, 1.807) is 6.07 Å². The fourth-order valence-electron chi connectivity index (χ4n) is 1.78. The summed E-state index contributed by atoms with van der Waals surface area (Å²) in [6, 6.07) is 9.28. The van der Waals surface area contributed by atoms with E-state index in [0.717, 1.165) is 11.1 Å². The van der Waals surface area contributed by atoms with Crippen molar-refractivity contribution >= 4 is 16.8 Å². The molecule has 0 saturated heterocycles. The van der Waals surface area contributed by atoms with Gasteiger partial charge >= 0.3 is 5.63 Å². The first-order chi connectivity index (χ1) is 8.65. The van der Waals surface area contributed by atoms with Crippen LogP contribution in [0, 0.1) is 6.92 Å². The van der Waals surface area contributed by atoms with Gasteiger partial charge in [0.1, 0.15) is 11.3 Å². The number of nitrogen functional groups attached to an aromatic ring is 1. The maximum absolute atomic E-state index is 11.8. The summed E-state index contributed by atoms with van der Waals surface area (Å²) in [6.45, 7) is 1.99. The molecule has 90 valence electrons. The van der Waals surface area contributed by atoms with Crippen molar-refractivity contribution in [3.8, 4) is 11.3 Å². The van der Waals surface area contributed by atoms with Crippen LogP contribution in [-0.4, -0.2) is 5.16 Å². The zero-order valence-electron chi connectivity index (χ0n) is 9.64. The third kappa shape index (κ3) is 1.57. The molecule has 5 heteroatoms. The molecule has 5 nitrogen and oxygen atoms in total. The lowest BCUT2D eigenvalue weighted by atomic mass is 10.1. The van der Waals surface area contributed by atoms with Crippen molar-refractivity contribution in [2.24, 2.45) is 0 Å². The minimum Gasteiger partial charge on any atom is -0.422 e. The van der Waals surface area contributed by atoms with Crippen molar-refractivity contribution in [1.82, 2.24) is 5.16 Å². The van der Waals surface area contributed by atoms with Crippen LogP contribution in [0.25, 0.3) is 22.2 Å². The van der Waals surface area contributed by atoms with Gasteiger partial charge in [0.15, 0.2) is 5.39 Å². The normalized spacial score (nSPS) is 10.9. The second-order valence-corrected chi connectivity index (χ2v) is 4.07. The van der Waals surface area contributed by atoms with E-state index < -0.39 is 5.63 Å². The Morgan fingerprint density at radius 3 is 2.67 bits per heavy atom. The third-order valence-electron chi connectivity index (χ3n) is 2.76. The Hall–Kier alpha value is -2.56. The molecule has 2 aromatic heterocycles. The summed E-state index contributed by atoms with van der Waals surface area (Å²) in [7, 11) is 0. The molecule has 1 aromatic carbocycles. The highest BCUT2D eigenvalue weighted by atomic mass is 16.5. The van der Waals surface area contributed by atoms with Crippen LogP contribution >= 0.6 is 0 Å². The van der Waals surface area contributed by atoms with Crippen LogP contribution in [0.2, 0.25) is 0 Å². The largest absolute Gasteiger partial charge is 0.422 e. The van der Waals surface area contributed by atoms with Crippen molar-refractivity contribution in [2.45, 2.75) is 6.92 Å². The molecular weight excluding hydrogens is 232 g/mol. The van der Waals surface area contributed by atoms with E-state index in [2.05, 4.69) is 5.16 Å². The SMILES string of the molecule is Cc1ccc(-c2cc3noc(N)c3c(=O)o2)cc1. The van der Waals surface area contributed by atoms with Crippen molar-refractivity contribution < 1.29 is 8.94 Å². The Balaban J connectivity index is 2.25. The molecule has 0 bridgehead atoms. The second-order valence-electron chi connectivity index (χ2n) is 4.07. The smallest absolute Gasteiger partial charge is 0.351 e. The Labute approximate surface area is 102 Å². The van der Waals surface area contributed by atoms with Crippen LogP contribution < -0.4 is 11.4 Å². The fraction of sp³-hybridized carbons (Fsp3) is 0.0769. The van der Waals surface area contributed by atoms with Crippen LogP contribution in [-0.2, 0) is 0 Å². The van der Waals surface area contributed by atoms with Gasteiger partial charge in [0.2, 0.25) is 5.88 Å². The van der Waals surface area contributed by atoms with Crippen LogP contribution in [0.4, 0.5) is 5.88 Å². The van der Waals surface area contributed by atoms with Crippen molar-refractivity contribution in [3.05, 3.63) is 46.3 Å². The van der Waals surface area contributed by atoms with Crippen molar-refractivity contribution in [3.63, 3.8) is 0 Å². The van der Waals surface area contributed by atoms with E-state index in [9.17, 15) is 4.79 Å². The molecule has 18 heavy (non-hydrogen) atoms. The Morgan fingerprint density at radius 2 is 1.94 bits per heavy atom. The van der Waals surface area contributed by atoms with E-state index in [4.69, 9.17) is 14.7 Å². The standard InChI is InChI=1S/C13H10N2O3/c1-7-2-4-8(5-3-7)10-6-9-11(13(16)17-10)12(14)18-15-9/h2-6H,14H2,1H3. The quantitative estimate of drug-likeness (QED) is 0.708. The lowest BCUT2D eigenvalue weighted by Gasteiger charge is -2.00. The molecule has 0 atom stereocenters. The number of fused-ring (bicyclic) bond motifs is 1. The number of aromatic nitrogens is 1. The molecular formula is C13H10N2O3. The predicted molar refractivity (Wildman–Crippen MR) is 67.1 cm³/mol. The van der Waals surface area contributed by atoms with Gasteiger partial charge in [-0.25, -0.2) is 4.79 Å². The number of rotatable bonds is 1. The van der Waals surface area contributed by atoms with E-state index in [1.165, 1.54) is 0 Å². The molecule has 0 fully saturated rings. The molecule has 0 aliphatic heterocycles. The molecule has 0 aliphatic rings. The van der Waals surface area contributed by atoms with E-state index in [0.29, 0.717) is 11.3 Å². The monoisotopic (exact) mass is 242 g/mol. The number of benzene rings is 1. The number of hydrogen-bond donors (Lipinski definition) is 1. The second kappa shape index (κ2) is 3.73. The molecule has 2 heterocycles. The summed E-state index contributed by atoms with van der Waals surface area (Å²) in [4.78, 5) is 11.8. The number of anilines is 1. The number of hydrogen-bond acceptors (Lipinski definition) is 5. The van der Waals surface area contributed by atoms with E-state index >= 15 is 0 Å². The minimum absolute atomic E-state index is 0.0193. The average Bonchev–Trinajstić information content (AvgIpc) is 2.72. The molecule has 0 spiro atoms. The molecule has 0 amide bonds. The molecule has 0 saturated carbocycles. The van der Waals surface area contributed by atoms with Crippen molar-refractivity contribution in [2.75, 3.05) is 5.73 Å². The van der Waals surface area contributed by atoms with Gasteiger partial charge in [-0.1, -0.05) is 35.0 Å². The third-order valence-corrected chi connectivity index (χ3v) is 2.76. The zero-order chi connectivity index (χ0) is 12.7. The highest BCUT2D eigenvalue weighted by Gasteiger charge is 2.13. The number of nitrogens with two attached hydrogens (primary N) is 1. The predicted octanol–water partition coefficient (Wildman–Crippen LogP) is 2.34. The fourth-order valence-corrected chi connectivity index (χ4v) is 1.78. The average molecular weight is 242 g/mol. The van der Waals surface area contributed by atoms with Gasteiger partial charge < -0.3 is 14.7 Å². The maximum atomic E-state index is 11.8. The Kier molecular flexibility index (Phi) is 2.19. The highest BCUT2D eigenvalue weighted by molar-refractivity contribution is 5.87. The van der Waals surface area contributed by atoms with Crippen LogP contribution in [0.5, 0.6) is 0 Å². The molecule has 3 rings (SSSR count). The molecule has 0 unspecified atom stereocenters. The van der Waals surface area contributed by atoms with Gasteiger partial charge in [-0.05, 0) is 6.92 Å². The van der Waals surface area contributed by atoms with Crippen LogP contribution in [0.15, 0.2) is 44.1 Å². The minimum atomic E-state index is -0.540. The molecule has 0 aliphatic carbocycles. The summed E-state index contributed by atoms with van der Waals surface area (Å²) in [6.07, 6.45) is 0. The Bertz CT molecular complexity index is 769. The van der Waals surface area contributed by atoms with Gasteiger partial charge in [-0.3, -0.25) is 0 Å². The lowest BCUT2D eigenvalue weighted by molar-refractivity contribution is 0.445. The molecule has 3 aromatic rings. The number of nitrogens with zero attached hydrogens (tertiary/aromatic N) is 1. The van der Waals surface area contributed by atoms with E-state index in [1.807, 2.05) is 31.2 Å². The highest BCUT2D eigenvalue weighted by Crippen LogP contribution is 2.24. The van der Waals surface area contributed by atoms with Gasteiger partial charge in [-0.2, -0.15) is 0 Å². The van der Waals surface area contributed by atoms with Gasteiger partial charge in [0.25, 0.3) is 0 Å². The summed E-state index contributed by atoms with van der Waals surface area (Å²) in [5, 5.41) is 3.91. The summed E-state index contributed by atoms with van der Waals surface area (Å²) < 4.78 is 9.99. The lowest BCUT2D eigenvalue weighted by Crippen LogP contribution is -2.01. The van der Waals surface area contributed by atoms with Gasteiger partial charge in [0, 0.05) is 11.6 Å². The Morgan fingerprint density at radius 1 is 1.22 bits per heavy atom. The number of aryl methyl sites for hydroxylation is 1. The van der Waals surface area contributed by atoms with Crippen LogP contribution in [0.1, 0.15) is 5.56 Å². The first kappa shape index (κ1) is 10.6. The summed E-state index contributed by atoms with van der Waals surface area (Å²) in [5.41, 5.74) is 7.30. The van der Waals surface area contributed by atoms with E-state index in [-0.39, 0.29) is 11.3 Å². The molecule has 0 radical (unpaired) electrons. The zero-order valence-corrected chi connectivity index (χ0v) is 9.64. The first-order valence-corrected chi connectivity index (χ1v) is 5.41. The van der Waals surface area contributed by atoms with Gasteiger partial charge in [0.05, 0.1) is 0 Å². The van der Waals surface area contributed by atoms with Gasteiger partial charge in [-0.15, -0.1) is 0 Å². The topological polar surface area (TPSA) is 82.3 Å². The first-order valence-electron chi connectivity index (χ1n) is 5.41. The summed E-state index contributed by atoms with van der Waals surface area (Å²) >= 11 is 0. The molecule has 2 N–H and O–H groups in total. The van der Waals surface area contributed by atoms with Crippen molar-refractivity contribution in [1.29, 1.82) is 0 Å². The summed E-state index contributed by atoms with van der Waals surface area (Å²) in [5.74, 6) is 0.426. The maximum Gasteiger partial charge on any atom is 0.351 e.